The highest BCUT2D eigenvalue weighted by molar-refractivity contribution is 5.96. The summed E-state index contributed by atoms with van der Waals surface area (Å²) in [6.45, 7) is 7.91. The number of benzene rings is 2. The highest BCUT2D eigenvalue weighted by Gasteiger charge is 2.26. The Labute approximate surface area is 195 Å². The van der Waals surface area contributed by atoms with Gasteiger partial charge in [0.2, 0.25) is 0 Å². The monoisotopic (exact) mass is 454 g/mol. The van der Waals surface area contributed by atoms with Crippen molar-refractivity contribution in [1.29, 1.82) is 0 Å². The number of unbranched alkanes of at least 4 members (excludes halogenated alkanes) is 1. The number of alkyl carbamates (subject to hydrolysis) is 1. The summed E-state index contributed by atoms with van der Waals surface area (Å²) in [4.78, 5) is 37.1. The molecule has 7 nitrogen and oxygen atoms in total. The summed E-state index contributed by atoms with van der Waals surface area (Å²) in [6, 6.07) is 15.8. The van der Waals surface area contributed by atoms with E-state index in [0.29, 0.717) is 31.4 Å². The quantitative estimate of drug-likeness (QED) is 0.406. The van der Waals surface area contributed by atoms with E-state index in [1.807, 2.05) is 49.4 Å². The molecule has 1 atom stereocenters. The van der Waals surface area contributed by atoms with Gasteiger partial charge in [0.05, 0.1) is 0 Å². The van der Waals surface area contributed by atoms with Crippen LogP contribution in [-0.4, -0.2) is 36.2 Å². The standard InChI is InChI=1S/C26H34N2O5/c1-19-13-15-21(16-14-19)23(29)28-22(24(30)33-26(2,3)4)12-8-9-17-27-25(31)32-18-20-10-6-5-7-11-20/h5-7,10-11,13-16,22H,8-9,12,17-18H2,1-4H3,(H,27,31)(H,28,29). The first-order chi connectivity index (χ1) is 15.6. The molecule has 7 heteroatoms. The Morgan fingerprint density at radius 3 is 2.24 bits per heavy atom. The van der Waals surface area contributed by atoms with Crippen molar-refractivity contribution < 1.29 is 23.9 Å². The van der Waals surface area contributed by atoms with Crippen LogP contribution in [0.1, 0.15) is 61.5 Å². The highest BCUT2D eigenvalue weighted by Crippen LogP contribution is 2.13. The van der Waals surface area contributed by atoms with Gasteiger partial charge in [-0.1, -0.05) is 48.0 Å². The summed E-state index contributed by atoms with van der Waals surface area (Å²) in [5.74, 6) is -0.799. The molecule has 2 aromatic carbocycles. The third-order valence-corrected chi connectivity index (χ3v) is 4.71. The van der Waals surface area contributed by atoms with Crippen LogP contribution >= 0.6 is 0 Å². The average Bonchev–Trinajstić information content (AvgIpc) is 2.76. The number of carbonyl (C=O) groups is 3. The Balaban J connectivity index is 1.80. The van der Waals surface area contributed by atoms with Crippen molar-refractivity contribution in [3.05, 3.63) is 71.3 Å². The Morgan fingerprint density at radius 2 is 1.61 bits per heavy atom. The number of esters is 1. The lowest BCUT2D eigenvalue weighted by Crippen LogP contribution is -2.44. The van der Waals surface area contributed by atoms with Crippen molar-refractivity contribution in [3.8, 4) is 0 Å². The molecule has 0 saturated heterocycles. The van der Waals surface area contributed by atoms with Gasteiger partial charge in [-0.25, -0.2) is 9.59 Å². The van der Waals surface area contributed by atoms with Crippen LogP contribution in [0.15, 0.2) is 54.6 Å². The molecule has 178 valence electrons. The van der Waals surface area contributed by atoms with Crippen LogP contribution in [0, 0.1) is 6.92 Å². The van der Waals surface area contributed by atoms with Gasteiger partial charge in [0.15, 0.2) is 0 Å². The third kappa shape index (κ3) is 10.2. The summed E-state index contributed by atoms with van der Waals surface area (Å²) in [6.07, 6.45) is 1.14. The van der Waals surface area contributed by atoms with E-state index < -0.39 is 23.7 Å². The van der Waals surface area contributed by atoms with Gasteiger partial charge in [-0.05, 0) is 64.7 Å². The predicted octanol–water partition coefficient (Wildman–Crippen LogP) is 4.53. The summed E-state index contributed by atoms with van der Waals surface area (Å²) in [7, 11) is 0. The van der Waals surface area contributed by atoms with E-state index in [4.69, 9.17) is 9.47 Å². The zero-order valence-electron chi connectivity index (χ0n) is 19.9. The van der Waals surface area contributed by atoms with Crippen LogP contribution in [0.4, 0.5) is 4.79 Å². The molecule has 1 unspecified atom stereocenters. The molecule has 0 aliphatic carbocycles. The first-order valence-electron chi connectivity index (χ1n) is 11.2. The summed E-state index contributed by atoms with van der Waals surface area (Å²) in [5.41, 5.74) is 1.78. The van der Waals surface area contributed by atoms with Crippen LogP contribution < -0.4 is 10.6 Å². The minimum Gasteiger partial charge on any atom is -0.458 e. The van der Waals surface area contributed by atoms with Crippen molar-refractivity contribution in [2.45, 2.75) is 65.2 Å². The van der Waals surface area contributed by atoms with Crippen LogP contribution in [0.2, 0.25) is 0 Å². The molecule has 0 aliphatic rings. The molecular weight excluding hydrogens is 420 g/mol. The molecule has 0 heterocycles. The number of carbonyl (C=O) groups excluding carboxylic acids is 3. The lowest BCUT2D eigenvalue weighted by molar-refractivity contribution is -0.157. The maximum Gasteiger partial charge on any atom is 0.407 e. The summed E-state index contributed by atoms with van der Waals surface area (Å²) in [5, 5.41) is 5.49. The van der Waals surface area contributed by atoms with Crippen molar-refractivity contribution in [2.24, 2.45) is 0 Å². The lowest BCUT2D eigenvalue weighted by Gasteiger charge is -2.24. The van der Waals surface area contributed by atoms with Gasteiger partial charge in [0.1, 0.15) is 18.2 Å². The smallest absolute Gasteiger partial charge is 0.407 e. The molecule has 0 aromatic heterocycles. The second-order valence-electron chi connectivity index (χ2n) is 8.91. The van der Waals surface area contributed by atoms with Gasteiger partial charge >= 0.3 is 12.1 Å². The fraction of sp³-hybridized carbons (Fsp3) is 0.423. The number of hydrogen-bond donors (Lipinski definition) is 2. The molecule has 2 amide bonds. The van der Waals surface area contributed by atoms with Crippen molar-refractivity contribution in [3.63, 3.8) is 0 Å². The van der Waals surface area contributed by atoms with E-state index in [2.05, 4.69) is 10.6 Å². The zero-order chi connectivity index (χ0) is 24.3. The average molecular weight is 455 g/mol. The maximum absolute atomic E-state index is 12.6. The van der Waals surface area contributed by atoms with E-state index in [-0.39, 0.29) is 12.5 Å². The molecule has 0 radical (unpaired) electrons. The number of rotatable bonds is 10. The third-order valence-electron chi connectivity index (χ3n) is 4.71. The van der Waals surface area contributed by atoms with Crippen LogP contribution in [0.3, 0.4) is 0 Å². The number of amides is 2. The maximum atomic E-state index is 12.6. The Kier molecular flexibility index (Phi) is 9.91. The Morgan fingerprint density at radius 1 is 0.939 bits per heavy atom. The molecule has 2 N–H and O–H groups in total. The van der Waals surface area contributed by atoms with Crippen molar-refractivity contribution in [2.75, 3.05) is 6.54 Å². The van der Waals surface area contributed by atoms with Crippen molar-refractivity contribution >= 4 is 18.0 Å². The second-order valence-corrected chi connectivity index (χ2v) is 8.91. The Hall–Kier alpha value is -3.35. The minimum absolute atomic E-state index is 0.207. The zero-order valence-corrected chi connectivity index (χ0v) is 19.9. The highest BCUT2D eigenvalue weighted by atomic mass is 16.6. The molecule has 33 heavy (non-hydrogen) atoms. The predicted molar refractivity (Wildman–Crippen MR) is 127 cm³/mol. The molecule has 2 rings (SSSR count). The van der Waals surface area contributed by atoms with E-state index in [1.54, 1.807) is 32.9 Å². The van der Waals surface area contributed by atoms with Gasteiger partial charge in [0, 0.05) is 12.1 Å². The normalized spacial score (nSPS) is 11.9. The number of ether oxygens (including phenoxy) is 2. The fourth-order valence-electron chi connectivity index (χ4n) is 3.01. The van der Waals surface area contributed by atoms with E-state index in [9.17, 15) is 14.4 Å². The second kappa shape index (κ2) is 12.6. The molecule has 0 bridgehead atoms. The molecule has 0 fully saturated rings. The van der Waals surface area contributed by atoms with Crippen molar-refractivity contribution in [1.82, 2.24) is 10.6 Å². The van der Waals surface area contributed by atoms with Gasteiger partial charge < -0.3 is 20.1 Å². The summed E-state index contributed by atoms with van der Waals surface area (Å²) < 4.78 is 10.7. The van der Waals surface area contributed by atoms with E-state index in [1.165, 1.54) is 0 Å². The van der Waals surface area contributed by atoms with Crippen LogP contribution in [0.25, 0.3) is 0 Å². The lowest BCUT2D eigenvalue weighted by atomic mass is 10.1. The van der Waals surface area contributed by atoms with Gasteiger partial charge in [-0.15, -0.1) is 0 Å². The topological polar surface area (TPSA) is 93.7 Å². The molecule has 0 spiro atoms. The molecule has 0 aliphatic heterocycles. The first-order valence-corrected chi connectivity index (χ1v) is 11.2. The van der Waals surface area contributed by atoms with Gasteiger partial charge in [-0.3, -0.25) is 4.79 Å². The molecule has 2 aromatic rings. The fourth-order valence-corrected chi connectivity index (χ4v) is 3.01. The van der Waals surface area contributed by atoms with Gasteiger partial charge in [0.25, 0.3) is 5.91 Å². The SMILES string of the molecule is Cc1ccc(C(=O)NC(CCCCNC(=O)OCc2ccccc2)C(=O)OC(C)(C)C)cc1. The first kappa shape index (κ1) is 25.9. The van der Waals surface area contributed by atoms with E-state index in [0.717, 1.165) is 11.1 Å². The number of aryl methyl sites for hydroxylation is 1. The molecule has 0 saturated carbocycles. The molecular formula is C26H34N2O5. The van der Waals surface area contributed by atoms with Gasteiger partial charge in [-0.2, -0.15) is 0 Å². The Bertz CT molecular complexity index is 905. The largest absolute Gasteiger partial charge is 0.458 e. The number of hydrogen-bond acceptors (Lipinski definition) is 5. The number of nitrogens with one attached hydrogen (secondary N) is 2. The van der Waals surface area contributed by atoms with Crippen LogP contribution in [-0.2, 0) is 20.9 Å². The van der Waals surface area contributed by atoms with E-state index >= 15 is 0 Å². The summed E-state index contributed by atoms with van der Waals surface area (Å²) >= 11 is 0. The minimum atomic E-state index is -0.775. The van der Waals surface area contributed by atoms with Crippen LogP contribution in [0.5, 0.6) is 0 Å².